The van der Waals surface area contributed by atoms with Crippen LogP contribution in [0.1, 0.15) is 31.2 Å². The van der Waals surface area contributed by atoms with E-state index < -0.39 is 0 Å². The van der Waals surface area contributed by atoms with Crippen LogP contribution in [0.3, 0.4) is 0 Å². The number of aryl methyl sites for hydroxylation is 1. The van der Waals surface area contributed by atoms with Crippen molar-refractivity contribution >= 4 is 35.0 Å². The molecule has 156 valence electrons. The molecule has 29 heavy (non-hydrogen) atoms. The first-order chi connectivity index (χ1) is 13.9. The third kappa shape index (κ3) is 9.07. The van der Waals surface area contributed by atoms with Gasteiger partial charge >= 0.3 is 0 Å². The van der Waals surface area contributed by atoms with Crippen molar-refractivity contribution in [2.45, 2.75) is 32.6 Å². The number of hydrogen-bond donors (Lipinski definition) is 2. The summed E-state index contributed by atoms with van der Waals surface area (Å²) in [7, 11) is 0. The number of carbonyl (C=O) groups is 2. The van der Waals surface area contributed by atoms with E-state index >= 15 is 0 Å². The van der Waals surface area contributed by atoms with Crippen LogP contribution in [0.4, 0.5) is 0 Å². The fourth-order valence-electron chi connectivity index (χ4n) is 2.40. The molecule has 0 atom stereocenters. The molecule has 0 unspecified atom stereocenters. The van der Waals surface area contributed by atoms with Crippen molar-refractivity contribution in [1.29, 1.82) is 0 Å². The van der Waals surface area contributed by atoms with Gasteiger partial charge in [0.05, 0.1) is 18.2 Å². The number of nitrogens with one attached hydrogen (secondary N) is 2. The Kier molecular flexibility index (Phi) is 9.60. The topological polar surface area (TPSA) is 76.7 Å². The maximum absolute atomic E-state index is 11.8. The molecule has 0 heterocycles. The zero-order valence-electron chi connectivity index (χ0n) is 16.2. The molecule has 2 amide bonds. The van der Waals surface area contributed by atoms with Gasteiger partial charge in [-0.15, -0.1) is 0 Å². The van der Waals surface area contributed by atoms with Crippen molar-refractivity contribution in [3.8, 4) is 11.5 Å². The minimum absolute atomic E-state index is 0.210. The van der Waals surface area contributed by atoms with Crippen LogP contribution in [0.2, 0.25) is 10.0 Å². The van der Waals surface area contributed by atoms with Gasteiger partial charge in [-0.05, 0) is 55.7 Å². The Bertz CT molecular complexity index is 830. The standard InChI is InChI=1S/C21H24Cl2N2O4/c1-15-5-2-6-17(13-15)28-11-3-7-20(26)24-25-21(27)8-4-12-29-19-10-9-16(22)14-18(19)23/h2,5-6,9-10,13-14H,3-4,7-8,11-12H2,1H3,(H,24,26)(H,25,27). The Labute approximate surface area is 180 Å². The predicted molar refractivity (Wildman–Crippen MR) is 113 cm³/mol. The first-order valence-corrected chi connectivity index (χ1v) is 10.0. The normalized spacial score (nSPS) is 10.3. The molecule has 2 aromatic rings. The highest BCUT2D eigenvalue weighted by Gasteiger charge is 2.06. The molecule has 0 radical (unpaired) electrons. The summed E-state index contributed by atoms with van der Waals surface area (Å²) < 4.78 is 11.1. The predicted octanol–water partition coefficient (Wildman–Crippen LogP) is 4.47. The quantitative estimate of drug-likeness (QED) is 0.423. The van der Waals surface area contributed by atoms with Gasteiger partial charge in [0.15, 0.2) is 0 Å². The monoisotopic (exact) mass is 438 g/mol. The van der Waals surface area contributed by atoms with Crippen LogP contribution in [0.5, 0.6) is 11.5 Å². The van der Waals surface area contributed by atoms with Crippen molar-refractivity contribution < 1.29 is 19.1 Å². The van der Waals surface area contributed by atoms with E-state index in [1.165, 1.54) is 0 Å². The van der Waals surface area contributed by atoms with E-state index in [2.05, 4.69) is 10.9 Å². The molecule has 0 fully saturated rings. The van der Waals surface area contributed by atoms with E-state index in [9.17, 15) is 9.59 Å². The molecule has 2 rings (SSSR count). The Hall–Kier alpha value is -2.44. The van der Waals surface area contributed by atoms with Gasteiger partial charge < -0.3 is 9.47 Å². The molecule has 2 aromatic carbocycles. The molecular weight excluding hydrogens is 415 g/mol. The number of hydrazine groups is 1. The van der Waals surface area contributed by atoms with Gasteiger partial charge in [-0.2, -0.15) is 0 Å². The maximum atomic E-state index is 11.8. The zero-order valence-corrected chi connectivity index (χ0v) is 17.7. The molecule has 0 aliphatic rings. The first kappa shape index (κ1) is 22.8. The van der Waals surface area contributed by atoms with E-state index in [1.807, 2.05) is 31.2 Å². The van der Waals surface area contributed by atoms with E-state index in [4.69, 9.17) is 32.7 Å². The van der Waals surface area contributed by atoms with Crippen LogP contribution in [0, 0.1) is 6.92 Å². The second kappa shape index (κ2) is 12.2. The number of rotatable bonds is 10. The second-order valence-corrected chi connectivity index (χ2v) is 7.24. The van der Waals surface area contributed by atoms with Crippen molar-refractivity contribution in [3.63, 3.8) is 0 Å². The van der Waals surface area contributed by atoms with Crippen molar-refractivity contribution in [2.24, 2.45) is 0 Å². The minimum atomic E-state index is -0.292. The van der Waals surface area contributed by atoms with Crippen molar-refractivity contribution in [3.05, 3.63) is 58.1 Å². The molecule has 0 saturated carbocycles. The largest absolute Gasteiger partial charge is 0.494 e. The lowest BCUT2D eigenvalue weighted by atomic mass is 10.2. The summed E-state index contributed by atoms with van der Waals surface area (Å²) in [6, 6.07) is 12.7. The average Bonchev–Trinajstić information content (AvgIpc) is 2.68. The van der Waals surface area contributed by atoms with E-state index in [0.717, 1.165) is 11.3 Å². The summed E-state index contributed by atoms with van der Waals surface area (Å²) in [5.41, 5.74) is 5.90. The molecule has 0 bridgehead atoms. The van der Waals surface area contributed by atoms with Gasteiger partial charge in [-0.25, -0.2) is 0 Å². The highest BCUT2D eigenvalue weighted by atomic mass is 35.5. The van der Waals surface area contributed by atoms with Gasteiger partial charge in [0, 0.05) is 17.9 Å². The lowest BCUT2D eigenvalue weighted by Crippen LogP contribution is -2.41. The van der Waals surface area contributed by atoms with E-state index in [-0.39, 0.29) is 24.7 Å². The SMILES string of the molecule is Cc1cccc(OCCCC(=O)NNC(=O)CCCOc2ccc(Cl)cc2Cl)c1. The number of ether oxygens (including phenoxy) is 2. The summed E-state index contributed by atoms with van der Waals surface area (Å²) in [6.45, 7) is 2.73. The van der Waals surface area contributed by atoms with Crippen LogP contribution in [0.25, 0.3) is 0 Å². The Morgan fingerprint density at radius 3 is 2.17 bits per heavy atom. The van der Waals surface area contributed by atoms with E-state index in [1.54, 1.807) is 18.2 Å². The van der Waals surface area contributed by atoms with Crippen LogP contribution in [0.15, 0.2) is 42.5 Å². The molecule has 0 saturated heterocycles. The van der Waals surface area contributed by atoms with Crippen molar-refractivity contribution in [2.75, 3.05) is 13.2 Å². The Morgan fingerprint density at radius 2 is 1.55 bits per heavy atom. The molecule has 0 aromatic heterocycles. The van der Waals surface area contributed by atoms with Gasteiger partial charge in [0.2, 0.25) is 11.8 Å². The lowest BCUT2D eigenvalue weighted by molar-refractivity contribution is -0.129. The van der Waals surface area contributed by atoms with Crippen LogP contribution < -0.4 is 20.3 Å². The highest BCUT2D eigenvalue weighted by Crippen LogP contribution is 2.27. The number of carbonyl (C=O) groups excluding carboxylic acids is 2. The third-order valence-electron chi connectivity index (χ3n) is 3.85. The zero-order chi connectivity index (χ0) is 21.1. The van der Waals surface area contributed by atoms with Crippen LogP contribution in [-0.4, -0.2) is 25.0 Å². The fraction of sp³-hybridized carbons (Fsp3) is 0.333. The molecular formula is C21H24Cl2N2O4. The highest BCUT2D eigenvalue weighted by molar-refractivity contribution is 6.35. The maximum Gasteiger partial charge on any atom is 0.238 e. The van der Waals surface area contributed by atoms with Crippen LogP contribution in [-0.2, 0) is 9.59 Å². The van der Waals surface area contributed by atoms with Gasteiger partial charge in [0.1, 0.15) is 11.5 Å². The van der Waals surface area contributed by atoms with Gasteiger partial charge in [-0.3, -0.25) is 20.4 Å². The molecule has 8 heteroatoms. The summed E-state index contributed by atoms with van der Waals surface area (Å²) in [4.78, 5) is 23.5. The average molecular weight is 439 g/mol. The molecule has 0 aliphatic carbocycles. The number of amides is 2. The smallest absolute Gasteiger partial charge is 0.238 e. The minimum Gasteiger partial charge on any atom is -0.494 e. The summed E-state index contributed by atoms with van der Waals surface area (Å²) in [6.07, 6.45) is 1.49. The fourth-order valence-corrected chi connectivity index (χ4v) is 2.86. The van der Waals surface area contributed by atoms with E-state index in [0.29, 0.717) is 41.9 Å². The second-order valence-electron chi connectivity index (χ2n) is 6.39. The van der Waals surface area contributed by atoms with Crippen molar-refractivity contribution in [1.82, 2.24) is 10.9 Å². The summed E-state index contributed by atoms with van der Waals surface area (Å²) >= 11 is 11.8. The van der Waals surface area contributed by atoms with Crippen LogP contribution >= 0.6 is 23.2 Å². The van der Waals surface area contributed by atoms with Gasteiger partial charge in [-0.1, -0.05) is 35.3 Å². The molecule has 2 N–H and O–H groups in total. The summed E-state index contributed by atoms with van der Waals surface area (Å²) in [5, 5.41) is 0.944. The molecule has 0 aliphatic heterocycles. The summed E-state index contributed by atoms with van der Waals surface area (Å²) in [5.74, 6) is 0.731. The first-order valence-electron chi connectivity index (χ1n) is 9.29. The molecule has 0 spiro atoms. The number of hydrogen-bond acceptors (Lipinski definition) is 4. The Balaban J connectivity index is 1.52. The Morgan fingerprint density at radius 1 is 0.897 bits per heavy atom. The van der Waals surface area contributed by atoms with Gasteiger partial charge in [0.25, 0.3) is 0 Å². The third-order valence-corrected chi connectivity index (χ3v) is 4.38. The lowest BCUT2D eigenvalue weighted by Gasteiger charge is -2.10. The number of benzene rings is 2. The number of halogens is 2. The molecule has 6 nitrogen and oxygen atoms in total.